The van der Waals surface area contributed by atoms with Crippen LogP contribution in [0.1, 0.15) is 15.9 Å². The van der Waals surface area contributed by atoms with Crippen LogP contribution >= 0.6 is 0 Å². The van der Waals surface area contributed by atoms with Crippen LogP contribution in [0.4, 0.5) is 10.1 Å². The van der Waals surface area contributed by atoms with E-state index in [-0.39, 0.29) is 12.4 Å². The molecule has 3 N–H and O–H groups in total. The molecule has 0 fully saturated rings. The maximum absolute atomic E-state index is 13.9. The first kappa shape index (κ1) is 14.1. The van der Waals surface area contributed by atoms with Crippen LogP contribution in [-0.2, 0) is 6.54 Å². The van der Waals surface area contributed by atoms with Crippen molar-refractivity contribution >= 4 is 22.4 Å². The van der Waals surface area contributed by atoms with E-state index in [1.54, 1.807) is 0 Å². The summed E-state index contributed by atoms with van der Waals surface area (Å²) >= 11 is 0. The van der Waals surface area contributed by atoms with Gasteiger partial charge in [0.15, 0.2) is 0 Å². The maximum atomic E-state index is 13.9. The summed E-state index contributed by atoms with van der Waals surface area (Å²) in [5.41, 5.74) is 6.86. The van der Waals surface area contributed by atoms with E-state index >= 15 is 0 Å². The number of amides is 1. The van der Waals surface area contributed by atoms with Gasteiger partial charge in [-0.2, -0.15) is 0 Å². The van der Waals surface area contributed by atoms with Crippen molar-refractivity contribution in [3.63, 3.8) is 0 Å². The predicted octanol–water partition coefficient (Wildman–Crippen LogP) is 3.69. The van der Waals surface area contributed by atoms with Gasteiger partial charge in [-0.25, -0.2) is 4.39 Å². The van der Waals surface area contributed by atoms with Crippen molar-refractivity contribution in [3.05, 3.63) is 77.6 Å². The molecule has 0 atom stereocenters. The SMILES string of the molecule is NC(=O)c1ccc(F)c(CNc2cccc3ccccc23)c1. The first-order valence-corrected chi connectivity index (χ1v) is 6.95. The van der Waals surface area contributed by atoms with E-state index in [0.29, 0.717) is 11.1 Å². The number of nitrogens with two attached hydrogens (primary N) is 1. The molecule has 0 saturated heterocycles. The average Bonchev–Trinajstić information content (AvgIpc) is 2.54. The number of carbonyl (C=O) groups excluding carboxylic acids is 1. The molecule has 0 radical (unpaired) electrons. The smallest absolute Gasteiger partial charge is 0.248 e. The number of hydrogen-bond donors (Lipinski definition) is 2. The molecular formula is C18H15FN2O. The molecule has 110 valence electrons. The summed E-state index contributed by atoms with van der Waals surface area (Å²) in [6.07, 6.45) is 0. The molecule has 4 heteroatoms. The Morgan fingerprint density at radius 3 is 2.64 bits per heavy atom. The molecular weight excluding hydrogens is 279 g/mol. The van der Waals surface area contributed by atoms with E-state index in [0.717, 1.165) is 16.5 Å². The fourth-order valence-electron chi connectivity index (χ4n) is 2.43. The van der Waals surface area contributed by atoms with Crippen molar-refractivity contribution < 1.29 is 9.18 Å². The van der Waals surface area contributed by atoms with E-state index in [2.05, 4.69) is 5.32 Å². The minimum Gasteiger partial charge on any atom is -0.380 e. The molecule has 22 heavy (non-hydrogen) atoms. The summed E-state index contributed by atoms with van der Waals surface area (Å²) in [6.45, 7) is 0.279. The summed E-state index contributed by atoms with van der Waals surface area (Å²) in [5, 5.41) is 5.40. The van der Waals surface area contributed by atoms with Crippen LogP contribution in [0, 0.1) is 5.82 Å². The highest BCUT2D eigenvalue weighted by atomic mass is 19.1. The molecule has 3 aromatic carbocycles. The lowest BCUT2D eigenvalue weighted by atomic mass is 10.1. The summed E-state index contributed by atoms with van der Waals surface area (Å²) in [4.78, 5) is 11.2. The van der Waals surface area contributed by atoms with Crippen molar-refractivity contribution in [1.29, 1.82) is 0 Å². The van der Waals surface area contributed by atoms with Gasteiger partial charge in [0.2, 0.25) is 5.91 Å². The fourth-order valence-corrected chi connectivity index (χ4v) is 2.43. The quantitative estimate of drug-likeness (QED) is 0.771. The van der Waals surface area contributed by atoms with E-state index in [9.17, 15) is 9.18 Å². The van der Waals surface area contributed by atoms with Gasteiger partial charge in [0.25, 0.3) is 0 Å². The number of fused-ring (bicyclic) bond motifs is 1. The van der Waals surface area contributed by atoms with Gasteiger partial charge in [-0.15, -0.1) is 0 Å². The third-order valence-electron chi connectivity index (χ3n) is 3.59. The van der Waals surface area contributed by atoms with Crippen LogP contribution < -0.4 is 11.1 Å². The highest BCUT2D eigenvalue weighted by Gasteiger charge is 2.08. The molecule has 0 saturated carbocycles. The van der Waals surface area contributed by atoms with Gasteiger partial charge in [0, 0.05) is 28.7 Å². The minimum absolute atomic E-state index is 0.279. The molecule has 0 unspecified atom stereocenters. The van der Waals surface area contributed by atoms with Crippen molar-refractivity contribution in [2.24, 2.45) is 5.73 Å². The molecule has 0 bridgehead atoms. The second-order valence-corrected chi connectivity index (χ2v) is 5.05. The lowest BCUT2D eigenvalue weighted by Gasteiger charge is -2.11. The second-order valence-electron chi connectivity index (χ2n) is 5.05. The Morgan fingerprint density at radius 2 is 1.82 bits per heavy atom. The molecule has 3 rings (SSSR count). The highest BCUT2D eigenvalue weighted by molar-refractivity contribution is 5.94. The predicted molar refractivity (Wildman–Crippen MR) is 86.2 cm³/mol. The minimum atomic E-state index is -0.564. The fraction of sp³-hybridized carbons (Fsp3) is 0.0556. The molecule has 3 aromatic rings. The highest BCUT2D eigenvalue weighted by Crippen LogP contribution is 2.24. The number of halogens is 1. The number of nitrogens with one attached hydrogen (secondary N) is 1. The Labute approximate surface area is 127 Å². The Bertz CT molecular complexity index is 840. The van der Waals surface area contributed by atoms with Gasteiger partial charge in [0.1, 0.15) is 5.82 Å². The number of benzene rings is 3. The number of primary amides is 1. The normalized spacial score (nSPS) is 10.6. The molecule has 0 aliphatic rings. The zero-order chi connectivity index (χ0) is 15.5. The third kappa shape index (κ3) is 2.76. The molecule has 0 aromatic heterocycles. The van der Waals surface area contributed by atoms with E-state index in [1.807, 2.05) is 42.5 Å². The van der Waals surface area contributed by atoms with Gasteiger partial charge < -0.3 is 11.1 Å². The Hall–Kier alpha value is -2.88. The van der Waals surface area contributed by atoms with Gasteiger partial charge in [-0.3, -0.25) is 4.79 Å². The molecule has 0 aliphatic carbocycles. The van der Waals surface area contributed by atoms with Crippen LogP contribution in [0.5, 0.6) is 0 Å². The Morgan fingerprint density at radius 1 is 1.05 bits per heavy atom. The lowest BCUT2D eigenvalue weighted by molar-refractivity contribution is 0.1000. The van der Waals surface area contributed by atoms with Crippen molar-refractivity contribution in [1.82, 2.24) is 0 Å². The van der Waals surface area contributed by atoms with Crippen molar-refractivity contribution in [2.75, 3.05) is 5.32 Å². The summed E-state index contributed by atoms with van der Waals surface area (Å²) < 4.78 is 13.9. The largest absolute Gasteiger partial charge is 0.380 e. The zero-order valence-corrected chi connectivity index (χ0v) is 11.8. The lowest BCUT2D eigenvalue weighted by Crippen LogP contribution is -2.12. The van der Waals surface area contributed by atoms with Crippen LogP contribution in [0.15, 0.2) is 60.7 Å². The number of anilines is 1. The van der Waals surface area contributed by atoms with Crippen LogP contribution in [0.3, 0.4) is 0 Å². The summed E-state index contributed by atoms with van der Waals surface area (Å²) in [5.74, 6) is -0.927. The van der Waals surface area contributed by atoms with Gasteiger partial charge in [-0.05, 0) is 29.7 Å². The molecule has 0 spiro atoms. The summed E-state index contributed by atoms with van der Waals surface area (Å²) in [7, 11) is 0. The molecule has 3 nitrogen and oxygen atoms in total. The number of carbonyl (C=O) groups is 1. The standard InChI is InChI=1S/C18H15FN2O/c19-16-9-8-13(18(20)22)10-14(16)11-21-17-7-3-5-12-4-1-2-6-15(12)17/h1-10,21H,11H2,(H2,20,22). The van der Waals surface area contributed by atoms with Gasteiger partial charge in [0.05, 0.1) is 0 Å². The molecule has 1 amide bonds. The maximum Gasteiger partial charge on any atom is 0.248 e. The first-order chi connectivity index (χ1) is 10.6. The van der Waals surface area contributed by atoms with E-state index in [4.69, 9.17) is 5.73 Å². The van der Waals surface area contributed by atoms with E-state index < -0.39 is 5.91 Å². The Balaban J connectivity index is 1.88. The van der Waals surface area contributed by atoms with Crippen molar-refractivity contribution in [3.8, 4) is 0 Å². The van der Waals surface area contributed by atoms with Gasteiger partial charge in [-0.1, -0.05) is 36.4 Å². The van der Waals surface area contributed by atoms with Crippen LogP contribution in [0.25, 0.3) is 10.8 Å². The van der Waals surface area contributed by atoms with Crippen molar-refractivity contribution in [2.45, 2.75) is 6.54 Å². The molecule has 0 aliphatic heterocycles. The average molecular weight is 294 g/mol. The summed E-state index contributed by atoms with van der Waals surface area (Å²) in [6, 6.07) is 18.0. The molecule has 0 heterocycles. The Kier molecular flexibility index (Phi) is 3.74. The van der Waals surface area contributed by atoms with Gasteiger partial charge >= 0.3 is 0 Å². The topological polar surface area (TPSA) is 55.1 Å². The second kappa shape index (κ2) is 5.85. The monoisotopic (exact) mass is 294 g/mol. The number of rotatable bonds is 4. The third-order valence-corrected chi connectivity index (χ3v) is 3.59. The zero-order valence-electron chi connectivity index (χ0n) is 11.8. The van der Waals surface area contributed by atoms with Crippen LogP contribution in [0.2, 0.25) is 0 Å². The first-order valence-electron chi connectivity index (χ1n) is 6.95. The van der Waals surface area contributed by atoms with E-state index in [1.165, 1.54) is 18.2 Å². The number of hydrogen-bond acceptors (Lipinski definition) is 2. The van der Waals surface area contributed by atoms with Crippen LogP contribution in [-0.4, -0.2) is 5.91 Å².